The largest absolute Gasteiger partial charge is 0.338 e. The van der Waals surface area contributed by atoms with E-state index >= 15 is 0 Å². The van der Waals surface area contributed by atoms with E-state index in [4.69, 9.17) is 5.73 Å². The lowest BCUT2D eigenvalue weighted by atomic mass is 10.0. The van der Waals surface area contributed by atoms with Gasteiger partial charge in [0.25, 0.3) is 5.91 Å². The highest BCUT2D eigenvalue weighted by Gasteiger charge is 2.47. The molecule has 2 aliphatic heterocycles. The third-order valence-electron chi connectivity index (χ3n) is 5.67. The summed E-state index contributed by atoms with van der Waals surface area (Å²) >= 11 is 0. The number of halogens is 5. The number of hydrogen-bond donors (Lipinski definition) is 1. The van der Waals surface area contributed by atoms with Gasteiger partial charge in [-0.1, -0.05) is 0 Å². The first-order valence-electron chi connectivity index (χ1n) is 9.64. The molecule has 3 rings (SSSR count). The molecule has 2 saturated heterocycles. The van der Waals surface area contributed by atoms with E-state index in [-0.39, 0.29) is 55.2 Å². The minimum absolute atomic E-state index is 0. The number of carbonyl (C=O) groups excluding carboxylic acids is 2. The van der Waals surface area contributed by atoms with Gasteiger partial charge in [0.05, 0.1) is 6.04 Å². The normalized spacial score (nSPS) is 22.0. The highest BCUT2D eigenvalue weighted by Crippen LogP contribution is 2.33. The Bertz CT molecular complexity index is 818. The fourth-order valence-electron chi connectivity index (χ4n) is 4.23. The molecule has 2 fully saturated rings. The van der Waals surface area contributed by atoms with Gasteiger partial charge >= 0.3 is 0 Å². The molecule has 2 aliphatic rings. The van der Waals surface area contributed by atoms with Crippen LogP contribution < -0.4 is 5.73 Å². The third-order valence-corrected chi connectivity index (χ3v) is 5.67. The van der Waals surface area contributed by atoms with Crippen LogP contribution in [0.3, 0.4) is 0 Å². The number of benzene rings is 1. The Kier molecular flexibility index (Phi) is 7.40. The predicted molar refractivity (Wildman–Crippen MR) is 105 cm³/mol. The summed E-state index contributed by atoms with van der Waals surface area (Å²) in [5.41, 5.74) is 3.90. The van der Waals surface area contributed by atoms with Crippen molar-refractivity contribution < 1.29 is 27.2 Å². The minimum Gasteiger partial charge on any atom is -0.338 e. The van der Waals surface area contributed by atoms with Crippen LogP contribution in [0, 0.1) is 23.4 Å². The molecule has 5 nitrogen and oxygen atoms in total. The molecular weight excluding hydrogens is 426 g/mol. The Morgan fingerprint density at radius 1 is 1.17 bits per heavy atom. The molecule has 30 heavy (non-hydrogen) atoms. The van der Waals surface area contributed by atoms with Gasteiger partial charge in [0.1, 0.15) is 5.82 Å². The molecule has 0 saturated carbocycles. The van der Waals surface area contributed by atoms with E-state index in [1.54, 1.807) is 4.90 Å². The van der Waals surface area contributed by atoms with Crippen LogP contribution in [-0.2, 0) is 16.0 Å². The van der Waals surface area contributed by atoms with Crippen molar-refractivity contribution in [2.45, 2.75) is 50.9 Å². The topological polar surface area (TPSA) is 66.6 Å². The molecule has 0 aliphatic carbocycles. The molecule has 0 bridgehead atoms. The fraction of sp³-hybridized carbons (Fsp3) is 0.600. The summed E-state index contributed by atoms with van der Waals surface area (Å²) in [6.07, 6.45) is 0.501. The second-order valence-corrected chi connectivity index (χ2v) is 8.41. The van der Waals surface area contributed by atoms with Gasteiger partial charge in [-0.2, -0.15) is 0 Å². The number of carbonyl (C=O) groups is 2. The Morgan fingerprint density at radius 2 is 1.80 bits per heavy atom. The zero-order valence-corrected chi connectivity index (χ0v) is 17.7. The first-order valence-corrected chi connectivity index (χ1v) is 9.64. The van der Waals surface area contributed by atoms with Gasteiger partial charge in [-0.3, -0.25) is 9.59 Å². The van der Waals surface area contributed by atoms with Gasteiger partial charge in [-0.25, -0.2) is 17.6 Å². The number of fused-ring (bicyclic) bond motifs is 1. The standard InChI is InChI=1S/C20H25F4N3O2.ClH/c1-20(2,24)19(29)26-9-11-3-4-27(17(11)10-26)18(28)7-13(25)5-12-6-15(22)16(23)8-14(12)21;/h6,8,11,13,17H,3-5,7,9-10,25H2,1-2H3;1H/t11-,13+,17+;/m0./s1. The Labute approximate surface area is 179 Å². The lowest BCUT2D eigenvalue weighted by molar-refractivity contribution is -0.142. The third kappa shape index (κ3) is 5.06. The van der Waals surface area contributed by atoms with Gasteiger partial charge in [0, 0.05) is 44.1 Å². The van der Waals surface area contributed by atoms with Gasteiger partial charge in [-0.05, 0) is 38.3 Å². The number of alkyl halides is 1. The molecule has 10 heteroatoms. The van der Waals surface area contributed by atoms with E-state index in [0.29, 0.717) is 25.6 Å². The highest BCUT2D eigenvalue weighted by atomic mass is 35.5. The lowest BCUT2D eigenvalue weighted by Gasteiger charge is -2.27. The van der Waals surface area contributed by atoms with Gasteiger partial charge in [-0.15, -0.1) is 12.4 Å². The minimum atomic E-state index is -1.97. The summed E-state index contributed by atoms with van der Waals surface area (Å²) in [5.74, 6) is -4.12. The molecule has 0 radical (unpaired) electrons. The smallest absolute Gasteiger partial charge is 0.259 e. The van der Waals surface area contributed by atoms with Crippen LogP contribution in [-0.4, -0.2) is 59.0 Å². The summed E-state index contributed by atoms with van der Waals surface area (Å²) in [5, 5.41) is 0. The van der Waals surface area contributed by atoms with Crippen molar-refractivity contribution in [2.24, 2.45) is 11.7 Å². The van der Waals surface area contributed by atoms with Crippen LogP contribution in [0.1, 0.15) is 32.3 Å². The fourth-order valence-corrected chi connectivity index (χ4v) is 4.23. The molecule has 2 N–H and O–H groups in total. The number of nitrogens with zero attached hydrogens (tertiary/aromatic N) is 2. The molecule has 168 valence electrons. The van der Waals surface area contributed by atoms with Crippen molar-refractivity contribution in [3.8, 4) is 0 Å². The van der Waals surface area contributed by atoms with E-state index in [0.717, 1.165) is 6.07 Å². The quantitative estimate of drug-likeness (QED) is 0.553. The lowest BCUT2D eigenvalue weighted by Crippen LogP contribution is -2.45. The first kappa shape index (κ1) is 24.4. The van der Waals surface area contributed by atoms with E-state index in [1.807, 2.05) is 0 Å². The number of amides is 2. The second-order valence-electron chi connectivity index (χ2n) is 8.41. The van der Waals surface area contributed by atoms with Crippen LogP contribution >= 0.6 is 12.4 Å². The number of hydrogen-bond acceptors (Lipinski definition) is 3. The molecule has 2 heterocycles. The van der Waals surface area contributed by atoms with E-state index in [2.05, 4.69) is 0 Å². The predicted octanol–water partition coefficient (Wildman–Crippen LogP) is 2.59. The van der Waals surface area contributed by atoms with Crippen LogP contribution in [0.4, 0.5) is 17.6 Å². The maximum Gasteiger partial charge on any atom is 0.259 e. The number of rotatable bonds is 5. The van der Waals surface area contributed by atoms with E-state index in [9.17, 15) is 27.2 Å². The molecule has 0 spiro atoms. The Balaban J connectivity index is 0.00000320. The molecule has 3 atom stereocenters. The maximum absolute atomic E-state index is 14.0. The van der Waals surface area contributed by atoms with Crippen LogP contribution in [0.25, 0.3) is 0 Å². The molecule has 0 aromatic heterocycles. The first-order chi connectivity index (χ1) is 13.5. The summed E-state index contributed by atoms with van der Waals surface area (Å²) < 4.78 is 54.1. The van der Waals surface area contributed by atoms with Crippen molar-refractivity contribution in [3.63, 3.8) is 0 Å². The average molecular weight is 452 g/mol. The average Bonchev–Trinajstić information content (AvgIpc) is 3.18. The molecule has 1 aromatic rings. The van der Waals surface area contributed by atoms with Crippen LogP contribution in [0.15, 0.2) is 12.1 Å². The van der Waals surface area contributed by atoms with Gasteiger partial charge < -0.3 is 15.5 Å². The number of nitrogens with two attached hydrogens (primary N) is 1. The van der Waals surface area contributed by atoms with Gasteiger partial charge in [0.2, 0.25) is 5.91 Å². The Morgan fingerprint density at radius 3 is 2.43 bits per heavy atom. The van der Waals surface area contributed by atoms with Crippen molar-refractivity contribution in [1.29, 1.82) is 0 Å². The van der Waals surface area contributed by atoms with Crippen molar-refractivity contribution in [3.05, 3.63) is 35.1 Å². The SMILES string of the molecule is CC(C)(F)C(=O)N1C[C@@H]2CCN(C(=O)C[C@H](N)Cc3cc(F)c(F)cc3F)[C@@H]2C1.Cl. The molecule has 0 unspecified atom stereocenters. The number of likely N-dealkylation sites (tertiary alicyclic amines) is 2. The maximum atomic E-state index is 14.0. The summed E-state index contributed by atoms with van der Waals surface area (Å²) in [4.78, 5) is 28.0. The summed E-state index contributed by atoms with van der Waals surface area (Å²) in [6.45, 7) is 3.62. The monoisotopic (exact) mass is 451 g/mol. The van der Waals surface area contributed by atoms with Gasteiger partial charge in [0.15, 0.2) is 17.3 Å². The summed E-state index contributed by atoms with van der Waals surface area (Å²) in [7, 11) is 0. The molecular formula is C20H26ClF4N3O2. The van der Waals surface area contributed by atoms with Crippen molar-refractivity contribution in [1.82, 2.24) is 9.80 Å². The summed E-state index contributed by atoms with van der Waals surface area (Å²) in [6, 6.07) is 0.242. The van der Waals surface area contributed by atoms with Crippen LogP contribution in [0.5, 0.6) is 0 Å². The highest BCUT2D eigenvalue weighted by molar-refractivity contribution is 5.85. The van der Waals surface area contributed by atoms with Crippen molar-refractivity contribution in [2.75, 3.05) is 19.6 Å². The zero-order chi connectivity index (χ0) is 21.5. The Hall–Kier alpha value is -1.87. The zero-order valence-electron chi connectivity index (χ0n) is 16.8. The second kappa shape index (κ2) is 9.09. The van der Waals surface area contributed by atoms with Crippen LogP contribution in [0.2, 0.25) is 0 Å². The van der Waals surface area contributed by atoms with Crippen molar-refractivity contribution >= 4 is 24.2 Å². The van der Waals surface area contributed by atoms with E-state index < -0.39 is 35.1 Å². The molecule has 1 aromatic carbocycles. The van der Waals surface area contributed by atoms with E-state index in [1.165, 1.54) is 18.7 Å². The molecule has 2 amide bonds.